The Labute approximate surface area is 148 Å². The Hall–Kier alpha value is -2.59. The molecule has 1 aromatic heterocycles. The van der Waals surface area contributed by atoms with Crippen molar-refractivity contribution in [3.05, 3.63) is 65.9 Å². The van der Waals surface area contributed by atoms with E-state index in [-0.39, 0.29) is 17.9 Å². The van der Waals surface area contributed by atoms with Crippen molar-refractivity contribution in [2.24, 2.45) is 0 Å². The van der Waals surface area contributed by atoms with Gasteiger partial charge in [0.15, 0.2) is 5.78 Å². The lowest BCUT2D eigenvalue weighted by Crippen LogP contribution is -2.36. The molecule has 1 heterocycles. The van der Waals surface area contributed by atoms with Gasteiger partial charge < -0.3 is 15.0 Å². The summed E-state index contributed by atoms with van der Waals surface area (Å²) in [7, 11) is 1.66. The van der Waals surface area contributed by atoms with E-state index in [1.54, 1.807) is 13.3 Å². The van der Waals surface area contributed by atoms with Gasteiger partial charge in [0.05, 0.1) is 13.2 Å². The van der Waals surface area contributed by atoms with Crippen molar-refractivity contribution < 1.29 is 9.53 Å². The van der Waals surface area contributed by atoms with E-state index in [9.17, 15) is 4.79 Å². The van der Waals surface area contributed by atoms with E-state index in [1.807, 2.05) is 55.5 Å². The number of hydrogen-bond donors (Lipinski definition) is 2. The summed E-state index contributed by atoms with van der Waals surface area (Å²) in [6.45, 7) is 4.04. The zero-order valence-electron chi connectivity index (χ0n) is 14.9. The second kappa shape index (κ2) is 7.53. The van der Waals surface area contributed by atoms with Gasteiger partial charge in [0.1, 0.15) is 5.75 Å². The number of Topliss-reactive ketones (excluding diaryl/α,β-unsaturated/α-hetero) is 1. The van der Waals surface area contributed by atoms with Crippen molar-refractivity contribution in [3.63, 3.8) is 0 Å². The summed E-state index contributed by atoms with van der Waals surface area (Å²) in [5.41, 5.74) is 2.88. The molecule has 0 fully saturated rings. The number of aromatic amines is 1. The first-order valence-corrected chi connectivity index (χ1v) is 8.64. The number of rotatable bonds is 7. The number of nitrogens with one attached hydrogen (secondary N) is 2. The lowest BCUT2D eigenvalue weighted by molar-refractivity contribution is 0.0945. The smallest absolute Gasteiger partial charge is 0.181 e. The van der Waals surface area contributed by atoms with Crippen LogP contribution in [0.5, 0.6) is 5.75 Å². The zero-order valence-corrected chi connectivity index (χ0v) is 14.9. The molecule has 4 heteroatoms. The maximum atomic E-state index is 12.9. The Morgan fingerprint density at radius 1 is 1.16 bits per heavy atom. The average molecular weight is 336 g/mol. The number of H-pyrrole nitrogens is 1. The minimum Gasteiger partial charge on any atom is -0.497 e. The molecule has 0 bridgehead atoms. The molecule has 130 valence electrons. The maximum Gasteiger partial charge on any atom is 0.181 e. The Balaban J connectivity index is 1.77. The monoisotopic (exact) mass is 336 g/mol. The van der Waals surface area contributed by atoms with Crippen LogP contribution in [-0.2, 0) is 0 Å². The first-order valence-electron chi connectivity index (χ1n) is 8.64. The van der Waals surface area contributed by atoms with E-state index in [4.69, 9.17) is 4.74 Å². The number of para-hydroxylation sites is 1. The molecule has 0 saturated heterocycles. The number of methoxy groups -OCH3 is 1. The van der Waals surface area contributed by atoms with Crippen molar-refractivity contribution in [1.82, 2.24) is 10.3 Å². The molecule has 0 spiro atoms. The van der Waals surface area contributed by atoms with E-state index in [2.05, 4.69) is 17.2 Å². The summed E-state index contributed by atoms with van der Waals surface area (Å²) in [6, 6.07) is 15.7. The lowest BCUT2D eigenvalue weighted by atomic mass is 10.00. The normalized spacial score (nSPS) is 13.6. The quantitative estimate of drug-likeness (QED) is 0.625. The molecule has 0 amide bonds. The van der Waals surface area contributed by atoms with Crippen LogP contribution < -0.4 is 10.1 Å². The molecule has 25 heavy (non-hydrogen) atoms. The first kappa shape index (κ1) is 17.2. The first-order chi connectivity index (χ1) is 12.1. The third kappa shape index (κ3) is 3.59. The minimum absolute atomic E-state index is 0.101. The van der Waals surface area contributed by atoms with Gasteiger partial charge in [0, 0.05) is 28.7 Å². The van der Waals surface area contributed by atoms with Gasteiger partial charge in [-0.15, -0.1) is 0 Å². The molecule has 0 saturated carbocycles. The van der Waals surface area contributed by atoms with Crippen LogP contribution >= 0.6 is 0 Å². The van der Waals surface area contributed by atoms with Gasteiger partial charge in [-0.25, -0.2) is 0 Å². The fourth-order valence-corrected chi connectivity index (χ4v) is 3.17. The molecule has 3 aromatic rings. The van der Waals surface area contributed by atoms with Gasteiger partial charge in [0.2, 0.25) is 0 Å². The van der Waals surface area contributed by atoms with E-state index in [1.165, 1.54) is 0 Å². The number of hydrogen-bond acceptors (Lipinski definition) is 3. The average Bonchev–Trinajstić information content (AvgIpc) is 3.09. The summed E-state index contributed by atoms with van der Waals surface area (Å²) in [5, 5.41) is 4.44. The van der Waals surface area contributed by atoms with Gasteiger partial charge in [0.25, 0.3) is 0 Å². The van der Waals surface area contributed by atoms with Crippen LogP contribution in [0.2, 0.25) is 0 Å². The molecule has 0 radical (unpaired) electrons. The van der Waals surface area contributed by atoms with E-state index < -0.39 is 0 Å². The van der Waals surface area contributed by atoms with Crippen LogP contribution in [0, 0.1) is 0 Å². The topological polar surface area (TPSA) is 54.1 Å². The number of carbonyl (C=O) groups excluding carboxylic acids is 1. The molecule has 2 aromatic carbocycles. The van der Waals surface area contributed by atoms with Crippen LogP contribution in [-0.4, -0.2) is 23.9 Å². The van der Waals surface area contributed by atoms with Crippen molar-refractivity contribution in [2.75, 3.05) is 7.11 Å². The predicted octanol–water partition coefficient (Wildman–Crippen LogP) is 4.49. The molecule has 2 N–H and O–H groups in total. The largest absolute Gasteiger partial charge is 0.497 e. The molecule has 0 unspecified atom stereocenters. The van der Waals surface area contributed by atoms with Crippen LogP contribution in [0.4, 0.5) is 0 Å². The molecular weight excluding hydrogens is 312 g/mol. The van der Waals surface area contributed by atoms with Crippen LogP contribution in [0.15, 0.2) is 54.7 Å². The molecule has 2 atom stereocenters. The molecular formula is C21H24N2O2. The summed E-state index contributed by atoms with van der Waals surface area (Å²) >= 11 is 0. The van der Waals surface area contributed by atoms with Crippen LogP contribution in [0.3, 0.4) is 0 Å². The predicted molar refractivity (Wildman–Crippen MR) is 101 cm³/mol. The van der Waals surface area contributed by atoms with Crippen molar-refractivity contribution in [1.29, 1.82) is 0 Å². The molecule has 0 aliphatic rings. The van der Waals surface area contributed by atoms with Gasteiger partial charge >= 0.3 is 0 Å². The third-order valence-electron chi connectivity index (χ3n) is 4.63. The summed E-state index contributed by atoms with van der Waals surface area (Å²) < 4.78 is 5.21. The molecule has 0 aliphatic carbocycles. The number of ketones is 1. The molecule has 0 aliphatic heterocycles. The van der Waals surface area contributed by atoms with Crippen LogP contribution in [0.1, 0.15) is 42.2 Å². The fraction of sp³-hybridized carbons (Fsp3) is 0.286. The van der Waals surface area contributed by atoms with Crippen molar-refractivity contribution >= 4 is 16.7 Å². The standard InChI is InChI=1S/C21H24N2O2/c1-4-19(15-9-11-16(25-3)12-10-15)23-14(2)21(24)18-13-22-20-8-6-5-7-17(18)20/h5-14,19,22-23H,4H2,1-3H3/t14-,19+/m0/s1. The maximum absolute atomic E-state index is 12.9. The number of fused-ring (bicyclic) bond motifs is 1. The van der Waals surface area contributed by atoms with E-state index >= 15 is 0 Å². The minimum atomic E-state index is -0.272. The summed E-state index contributed by atoms with van der Waals surface area (Å²) in [6.07, 6.45) is 2.71. The number of aromatic nitrogens is 1. The number of carbonyl (C=O) groups is 1. The van der Waals surface area contributed by atoms with E-state index in [0.29, 0.717) is 0 Å². The SMILES string of the molecule is CC[C@@H](N[C@@H](C)C(=O)c1c[nH]c2ccccc12)c1ccc(OC)cc1. The Morgan fingerprint density at radius 3 is 2.56 bits per heavy atom. The lowest BCUT2D eigenvalue weighted by Gasteiger charge is -2.22. The van der Waals surface area contributed by atoms with Crippen LogP contribution in [0.25, 0.3) is 10.9 Å². The second-order valence-electron chi connectivity index (χ2n) is 6.23. The highest BCUT2D eigenvalue weighted by Crippen LogP contribution is 2.23. The Kier molecular flexibility index (Phi) is 5.19. The molecule has 3 rings (SSSR count). The highest BCUT2D eigenvalue weighted by Gasteiger charge is 2.21. The second-order valence-corrected chi connectivity index (χ2v) is 6.23. The third-order valence-corrected chi connectivity index (χ3v) is 4.63. The number of benzene rings is 2. The summed E-state index contributed by atoms with van der Waals surface area (Å²) in [4.78, 5) is 16.1. The highest BCUT2D eigenvalue weighted by atomic mass is 16.5. The van der Waals surface area contributed by atoms with Gasteiger partial charge in [-0.2, -0.15) is 0 Å². The molecule has 4 nitrogen and oxygen atoms in total. The van der Waals surface area contributed by atoms with Gasteiger partial charge in [-0.1, -0.05) is 37.3 Å². The van der Waals surface area contributed by atoms with Gasteiger partial charge in [-0.3, -0.25) is 4.79 Å². The number of ether oxygens (including phenoxy) is 1. The summed E-state index contributed by atoms with van der Waals surface area (Å²) in [5.74, 6) is 0.936. The van der Waals surface area contributed by atoms with Crippen molar-refractivity contribution in [3.8, 4) is 5.75 Å². The van der Waals surface area contributed by atoms with Crippen molar-refractivity contribution in [2.45, 2.75) is 32.4 Å². The zero-order chi connectivity index (χ0) is 17.8. The van der Waals surface area contributed by atoms with Gasteiger partial charge in [-0.05, 0) is 37.1 Å². The highest BCUT2D eigenvalue weighted by molar-refractivity contribution is 6.10. The van der Waals surface area contributed by atoms with E-state index in [0.717, 1.165) is 34.2 Å². The Morgan fingerprint density at radius 2 is 1.88 bits per heavy atom. The fourth-order valence-electron chi connectivity index (χ4n) is 3.17. The Bertz CT molecular complexity index is 852.